The Morgan fingerprint density at radius 3 is 2.59 bits per heavy atom. The standard InChI is InChI=1S/C14H21ClN2/c1-5-17(9-10(2)3)12-6-7-13(11(4)16)14(15)8-12/h6-8,11H,2,5,9,16H2,1,3-4H3. The van der Waals surface area contributed by atoms with Gasteiger partial charge < -0.3 is 10.6 Å². The van der Waals surface area contributed by atoms with Crippen molar-refractivity contribution in [1.29, 1.82) is 0 Å². The minimum Gasteiger partial charge on any atom is -0.368 e. The van der Waals surface area contributed by atoms with Crippen LogP contribution in [0.4, 0.5) is 5.69 Å². The second kappa shape index (κ2) is 6.08. The summed E-state index contributed by atoms with van der Waals surface area (Å²) in [5.74, 6) is 0. The van der Waals surface area contributed by atoms with Gasteiger partial charge in [-0.3, -0.25) is 0 Å². The lowest BCUT2D eigenvalue weighted by atomic mass is 10.1. The fourth-order valence-electron chi connectivity index (χ4n) is 1.79. The first-order valence-electron chi connectivity index (χ1n) is 5.90. The summed E-state index contributed by atoms with van der Waals surface area (Å²) in [5.41, 5.74) is 9.08. The zero-order valence-electron chi connectivity index (χ0n) is 10.8. The fraction of sp³-hybridized carbons (Fsp3) is 0.429. The van der Waals surface area contributed by atoms with E-state index in [2.05, 4.69) is 24.5 Å². The van der Waals surface area contributed by atoms with Crippen LogP contribution in [0.1, 0.15) is 32.4 Å². The largest absolute Gasteiger partial charge is 0.368 e. The first-order chi connectivity index (χ1) is 7.95. The maximum atomic E-state index is 6.23. The van der Waals surface area contributed by atoms with Crippen LogP contribution < -0.4 is 10.6 Å². The number of nitrogens with zero attached hydrogens (tertiary/aromatic N) is 1. The highest BCUT2D eigenvalue weighted by Gasteiger charge is 2.09. The molecule has 0 radical (unpaired) electrons. The molecular weight excluding hydrogens is 232 g/mol. The van der Waals surface area contributed by atoms with Gasteiger partial charge in [-0.25, -0.2) is 0 Å². The van der Waals surface area contributed by atoms with E-state index >= 15 is 0 Å². The van der Waals surface area contributed by atoms with Crippen LogP contribution in [0.3, 0.4) is 0 Å². The normalized spacial score (nSPS) is 12.3. The summed E-state index contributed by atoms with van der Waals surface area (Å²) < 4.78 is 0. The van der Waals surface area contributed by atoms with Crippen molar-refractivity contribution < 1.29 is 0 Å². The third-order valence-electron chi connectivity index (χ3n) is 2.68. The van der Waals surface area contributed by atoms with Crippen LogP contribution in [0.25, 0.3) is 0 Å². The highest BCUT2D eigenvalue weighted by atomic mass is 35.5. The molecule has 0 aliphatic carbocycles. The van der Waals surface area contributed by atoms with Crippen molar-refractivity contribution in [2.24, 2.45) is 5.73 Å². The van der Waals surface area contributed by atoms with E-state index in [0.717, 1.165) is 34.9 Å². The van der Waals surface area contributed by atoms with Crippen molar-refractivity contribution in [3.8, 4) is 0 Å². The van der Waals surface area contributed by atoms with E-state index in [0.29, 0.717) is 0 Å². The topological polar surface area (TPSA) is 29.3 Å². The Labute approximate surface area is 109 Å². The van der Waals surface area contributed by atoms with Gasteiger partial charge in [0.1, 0.15) is 0 Å². The minimum atomic E-state index is -0.0345. The molecule has 1 aromatic carbocycles. The maximum absolute atomic E-state index is 6.23. The average molecular weight is 253 g/mol. The Morgan fingerprint density at radius 2 is 2.18 bits per heavy atom. The maximum Gasteiger partial charge on any atom is 0.0474 e. The first kappa shape index (κ1) is 14.1. The molecule has 2 nitrogen and oxygen atoms in total. The zero-order valence-corrected chi connectivity index (χ0v) is 11.6. The molecule has 0 aliphatic heterocycles. The predicted molar refractivity (Wildman–Crippen MR) is 76.8 cm³/mol. The fourth-order valence-corrected chi connectivity index (χ4v) is 2.14. The van der Waals surface area contributed by atoms with E-state index < -0.39 is 0 Å². The van der Waals surface area contributed by atoms with Gasteiger partial charge in [0.15, 0.2) is 0 Å². The quantitative estimate of drug-likeness (QED) is 0.809. The summed E-state index contributed by atoms with van der Waals surface area (Å²) in [5, 5.41) is 0.734. The molecule has 0 aromatic heterocycles. The summed E-state index contributed by atoms with van der Waals surface area (Å²) in [4.78, 5) is 2.24. The molecule has 0 amide bonds. The summed E-state index contributed by atoms with van der Waals surface area (Å²) in [6, 6.07) is 6.01. The van der Waals surface area contributed by atoms with Crippen molar-refractivity contribution in [2.45, 2.75) is 26.8 Å². The van der Waals surface area contributed by atoms with Crippen molar-refractivity contribution in [1.82, 2.24) is 0 Å². The van der Waals surface area contributed by atoms with Crippen LogP contribution in [0.15, 0.2) is 30.4 Å². The molecule has 0 saturated heterocycles. The molecule has 0 saturated carbocycles. The molecule has 94 valence electrons. The number of benzene rings is 1. The molecular formula is C14H21ClN2. The number of hydrogen-bond acceptors (Lipinski definition) is 2. The van der Waals surface area contributed by atoms with Gasteiger partial charge in [0, 0.05) is 29.8 Å². The molecule has 0 bridgehead atoms. The van der Waals surface area contributed by atoms with Gasteiger partial charge in [0.2, 0.25) is 0 Å². The number of hydrogen-bond donors (Lipinski definition) is 1. The monoisotopic (exact) mass is 252 g/mol. The summed E-state index contributed by atoms with van der Waals surface area (Å²) in [7, 11) is 0. The molecule has 1 aromatic rings. The Kier molecular flexibility index (Phi) is 5.03. The van der Waals surface area contributed by atoms with E-state index in [9.17, 15) is 0 Å². The lowest BCUT2D eigenvalue weighted by Crippen LogP contribution is -2.24. The van der Waals surface area contributed by atoms with Crippen molar-refractivity contribution in [3.05, 3.63) is 40.9 Å². The summed E-state index contributed by atoms with van der Waals surface area (Å²) in [6.45, 7) is 11.8. The Morgan fingerprint density at radius 1 is 1.53 bits per heavy atom. The highest BCUT2D eigenvalue weighted by Crippen LogP contribution is 2.27. The molecule has 0 heterocycles. The molecule has 1 rings (SSSR count). The van der Waals surface area contributed by atoms with Crippen LogP contribution in [-0.4, -0.2) is 13.1 Å². The first-order valence-corrected chi connectivity index (χ1v) is 6.27. The second-order valence-electron chi connectivity index (χ2n) is 4.47. The van der Waals surface area contributed by atoms with Crippen LogP contribution in [0.5, 0.6) is 0 Å². The highest BCUT2D eigenvalue weighted by molar-refractivity contribution is 6.31. The lowest BCUT2D eigenvalue weighted by Gasteiger charge is -2.24. The number of halogens is 1. The van der Waals surface area contributed by atoms with Crippen LogP contribution in [0.2, 0.25) is 5.02 Å². The van der Waals surface area contributed by atoms with E-state index in [-0.39, 0.29) is 6.04 Å². The van der Waals surface area contributed by atoms with Gasteiger partial charge in [-0.1, -0.05) is 29.8 Å². The minimum absolute atomic E-state index is 0.0345. The molecule has 1 unspecified atom stereocenters. The summed E-state index contributed by atoms with van der Waals surface area (Å²) >= 11 is 6.23. The third-order valence-corrected chi connectivity index (χ3v) is 3.01. The van der Waals surface area contributed by atoms with E-state index in [1.165, 1.54) is 0 Å². The second-order valence-corrected chi connectivity index (χ2v) is 4.87. The van der Waals surface area contributed by atoms with Crippen molar-refractivity contribution in [2.75, 3.05) is 18.0 Å². The molecule has 0 aliphatic rings. The number of rotatable bonds is 5. The van der Waals surface area contributed by atoms with Gasteiger partial charge in [0.05, 0.1) is 0 Å². The smallest absolute Gasteiger partial charge is 0.0474 e. The Bertz CT molecular complexity index is 399. The van der Waals surface area contributed by atoms with Crippen LogP contribution in [0, 0.1) is 0 Å². The molecule has 1 atom stereocenters. The van der Waals surface area contributed by atoms with Crippen LogP contribution >= 0.6 is 11.6 Å². The van der Waals surface area contributed by atoms with Crippen LogP contribution in [-0.2, 0) is 0 Å². The van der Waals surface area contributed by atoms with Gasteiger partial charge in [-0.05, 0) is 38.5 Å². The van der Waals surface area contributed by atoms with Gasteiger partial charge in [-0.2, -0.15) is 0 Å². The number of anilines is 1. The number of nitrogens with two attached hydrogens (primary N) is 1. The van der Waals surface area contributed by atoms with E-state index in [1.54, 1.807) is 0 Å². The molecule has 0 fully saturated rings. The summed E-state index contributed by atoms with van der Waals surface area (Å²) in [6.07, 6.45) is 0. The van der Waals surface area contributed by atoms with Gasteiger partial charge in [-0.15, -0.1) is 0 Å². The average Bonchev–Trinajstić information content (AvgIpc) is 2.24. The predicted octanol–water partition coefficient (Wildman–Crippen LogP) is 3.76. The molecule has 0 spiro atoms. The van der Waals surface area contributed by atoms with E-state index in [4.69, 9.17) is 17.3 Å². The molecule has 2 N–H and O–H groups in total. The molecule has 3 heteroatoms. The zero-order chi connectivity index (χ0) is 13.0. The van der Waals surface area contributed by atoms with Crippen molar-refractivity contribution >= 4 is 17.3 Å². The SMILES string of the molecule is C=C(C)CN(CC)c1ccc(C(C)N)c(Cl)c1. The van der Waals surface area contributed by atoms with Gasteiger partial charge in [0.25, 0.3) is 0 Å². The Balaban J connectivity index is 2.98. The molecule has 17 heavy (non-hydrogen) atoms. The third kappa shape index (κ3) is 3.76. The van der Waals surface area contributed by atoms with Crippen molar-refractivity contribution in [3.63, 3.8) is 0 Å². The Hall–Kier alpha value is -0.990. The lowest BCUT2D eigenvalue weighted by molar-refractivity contribution is 0.816. The van der Waals surface area contributed by atoms with E-state index in [1.807, 2.05) is 26.0 Å². The number of likely N-dealkylation sites (N-methyl/N-ethyl adjacent to an activating group) is 1. The van der Waals surface area contributed by atoms with Gasteiger partial charge >= 0.3 is 0 Å².